The fourth-order valence-corrected chi connectivity index (χ4v) is 5.35. The van der Waals surface area contributed by atoms with Crippen molar-refractivity contribution in [2.75, 3.05) is 6.61 Å². The molecule has 20 atom stereocenters. The number of aliphatic hydroxyl groups excluding tert-OH is 11. The topological polar surface area (TPSA) is 287 Å². The normalized spacial score (nSPS) is 55.9. The lowest BCUT2D eigenvalue weighted by atomic mass is 9.96. The first kappa shape index (κ1) is 34.2. The molecule has 4 aliphatic rings. The molecule has 4 rings (SSSR count). The molecule has 0 saturated carbocycles. The van der Waals surface area contributed by atoms with Crippen LogP contribution in [-0.4, -0.2) is 186 Å². The van der Waals surface area contributed by atoms with Crippen molar-refractivity contribution < 1.29 is 89.3 Å². The Bertz CT molecular complexity index is 869. The summed E-state index contributed by atoms with van der Waals surface area (Å²) in [6, 6.07) is 0. The van der Waals surface area contributed by atoms with Gasteiger partial charge in [-0.25, -0.2) is 0 Å². The quantitative estimate of drug-likeness (QED) is 0.126. The van der Waals surface area contributed by atoms with Crippen LogP contribution < -0.4 is 0 Å². The molecule has 4 saturated heterocycles. The van der Waals surface area contributed by atoms with Crippen LogP contribution in [-0.2, 0) is 33.2 Å². The van der Waals surface area contributed by atoms with E-state index in [2.05, 4.69) is 0 Å². The molecule has 0 bridgehead atoms. The van der Waals surface area contributed by atoms with E-state index in [4.69, 9.17) is 33.2 Å². The van der Waals surface area contributed by atoms with Gasteiger partial charge in [0, 0.05) is 0 Å². The maximum absolute atomic E-state index is 11.1. The number of hydrogen-bond acceptors (Lipinski definition) is 18. The van der Waals surface area contributed by atoms with Crippen LogP contribution in [0.4, 0.5) is 0 Å². The highest BCUT2D eigenvalue weighted by Crippen LogP contribution is 2.34. The summed E-state index contributed by atoms with van der Waals surface area (Å²) in [5, 5.41) is 114. The Morgan fingerprint density at radius 2 is 0.881 bits per heavy atom. The van der Waals surface area contributed by atoms with E-state index in [0.29, 0.717) is 0 Å². The molecular weight excluding hydrogens is 576 g/mol. The van der Waals surface area contributed by atoms with Crippen molar-refractivity contribution >= 4 is 0 Å². The van der Waals surface area contributed by atoms with Gasteiger partial charge >= 0.3 is 0 Å². The van der Waals surface area contributed by atoms with Gasteiger partial charge in [0.1, 0.15) is 79.4 Å². The molecule has 0 aromatic heterocycles. The molecule has 42 heavy (non-hydrogen) atoms. The van der Waals surface area contributed by atoms with Crippen LogP contribution >= 0.6 is 0 Å². The Morgan fingerprint density at radius 1 is 0.429 bits per heavy atom. The van der Waals surface area contributed by atoms with Crippen LogP contribution in [0.5, 0.6) is 0 Å². The maximum atomic E-state index is 11.1. The van der Waals surface area contributed by atoms with E-state index >= 15 is 0 Å². The van der Waals surface area contributed by atoms with Gasteiger partial charge in [-0.05, 0) is 20.8 Å². The zero-order valence-electron chi connectivity index (χ0n) is 23.0. The molecule has 0 unspecified atom stereocenters. The summed E-state index contributed by atoms with van der Waals surface area (Å²) in [6.45, 7) is 3.46. The van der Waals surface area contributed by atoms with Crippen molar-refractivity contribution in [3.8, 4) is 0 Å². The van der Waals surface area contributed by atoms with E-state index in [1.54, 1.807) is 0 Å². The maximum Gasteiger partial charge on any atom is 0.187 e. The highest BCUT2D eigenvalue weighted by atomic mass is 16.8. The third kappa shape index (κ3) is 6.62. The van der Waals surface area contributed by atoms with Gasteiger partial charge in [0.2, 0.25) is 0 Å². The van der Waals surface area contributed by atoms with Gasteiger partial charge < -0.3 is 89.3 Å². The molecule has 0 radical (unpaired) electrons. The van der Waals surface area contributed by atoms with Gasteiger partial charge in [0.15, 0.2) is 25.2 Å². The second kappa shape index (κ2) is 13.7. The third-order valence-corrected chi connectivity index (χ3v) is 8.09. The Kier molecular flexibility index (Phi) is 11.2. The first-order valence-electron chi connectivity index (χ1n) is 13.7. The van der Waals surface area contributed by atoms with Crippen LogP contribution in [0.2, 0.25) is 0 Å². The SMILES string of the molecule is C[C@@H]1O[C@@H](O[C@H]2[C@H](O[C@@H]3[C@@H](O)[C@H](C)O[C@@H](O[C@@H]4[C@@H](O)[C@H](O)O[C@H](CO)[C@@H]4O)[C@@H]3O)O[C@@H](C)[C@H](O)[C@H]2O)[C@H](O)[C@H](O)[C@H]1O. The average molecular weight is 619 g/mol. The van der Waals surface area contributed by atoms with Crippen molar-refractivity contribution in [1.29, 1.82) is 0 Å². The number of ether oxygens (including phenoxy) is 7. The fraction of sp³-hybridized carbons (Fsp3) is 1.00. The first-order chi connectivity index (χ1) is 19.7. The van der Waals surface area contributed by atoms with Gasteiger partial charge in [-0.1, -0.05) is 0 Å². The summed E-state index contributed by atoms with van der Waals surface area (Å²) in [7, 11) is 0. The summed E-state index contributed by atoms with van der Waals surface area (Å²) >= 11 is 0. The van der Waals surface area contributed by atoms with Crippen LogP contribution in [0.25, 0.3) is 0 Å². The van der Waals surface area contributed by atoms with Gasteiger partial charge in [0.05, 0.1) is 24.9 Å². The predicted octanol–water partition coefficient (Wildman–Crippen LogP) is -6.67. The van der Waals surface area contributed by atoms with Crippen molar-refractivity contribution in [1.82, 2.24) is 0 Å². The van der Waals surface area contributed by atoms with E-state index in [9.17, 15) is 56.2 Å². The third-order valence-electron chi connectivity index (χ3n) is 8.09. The average Bonchev–Trinajstić information content (AvgIpc) is 2.95. The molecule has 4 fully saturated rings. The molecule has 11 N–H and O–H groups in total. The van der Waals surface area contributed by atoms with Crippen molar-refractivity contribution in [3.63, 3.8) is 0 Å². The highest BCUT2D eigenvalue weighted by Gasteiger charge is 2.54. The standard InChI is InChI=1S/C24H42O18/c1-5-9(26)13(30)15(32)22(36-5)42-20-14(31)10(27)6(2)38-24(20)41-18-11(28)7(3)37-23(17(18)34)40-19-12(29)8(4-25)39-21(35)16(19)33/h5-35H,4H2,1-3H3/t5-,6-,7-,8+,9-,10-,11-,12-,13+,14+,15+,16+,17+,18+,19-,20+,21+,22-,23-,24-/m0/s1. The molecule has 4 heterocycles. The lowest BCUT2D eigenvalue weighted by Crippen LogP contribution is -2.67. The molecule has 0 aromatic rings. The van der Waals surface area contributed by atoms with E-state index in [1.165, 1.54) is 20.8 Å². The van der Waals surface area contributed by atoms with Gasteiger partial charge in [-0.15, -0.1) is 0 Å². The second-order valence-corrected chi connectivity index (χ2v) is 11.1. The number of aliphatic hydroxyl groups is 11. The Balaban J connectivity index is 1.53. The van der Waals surface area contributed by atoms with Crippen LogP contribution in [0.15, 0.2) is 0 Å². The van der Waals surface area contributed by atoms with Crippen LogP contribution in [0.3, 0.4) is 0 Å². The molecule has 18 heteroatoms. The second-order valence-electron chi connectivity index (χ2n) is 11.1. The number of hydrogen-bond donors (Lipinski definition) is 11. The van der Waals surface area contributed by atoms with Gasteiger partial charge in [0.25, 0.3) is 0 Å². The summed E-state index contributed by atoms with van der Waals surface area (Å²) in [5.74, 6) is 0. The van der Waals surface area contributed by atoms with Gasteiger partial charge in [-0.2, -0.15) is 0 Å². The molecule has 0 spiro atoms. The minimum Gasteiger partial charge on any atom is -0.394 e. The predicted molar refractivity (Wildman–Crippen MR) is 130 cm³/mol. The van der Waals surface area contributed by atoms with E-state index in [1.807, 2.05) is 0 Å². The molecular formula is C24H42O18. The summed E-state index contributed by atoms with van der Waals surface area (Å²) in [6.07, 6.45) is -31.3. The Morgan fingerprint density at radius 3 is 1.48 bits per heavy atom. The van der Waals surface area contributed by atoms with Crippen molar-refractivity contribution in [2.24, 2.45) is 0 Å². The number of rotatable bonds is 7. The summed E-state index contributed by atoms with van der Waals surface area (Å²) < 4.78 is 38.6. The monoisotopic (exact) mass is 618 g/mol. The molecule has 0 amide bonds. The minimum absolute atomic E-state index is 0.735. The van der Waals surface area contributed by atoms with Crippen LogP contribution in [0, 0.1) is 0 Å². The zero-order chi connectivity index (χ0) is 31.2. The summed E-state index contributed by atoms with van der Waals surface area (Å²) in [4.78, 5) is 0. The first-order valence-corrected chi connectivity index (χ1v) is 13.7. The smallest absolute Gasteiger partial charge is 0.187 e. The van der Waals surface area contributed by atoms with E-state index < -0.39 is 129 Å². The molecule has 246 valence electrons. The molecule has 0 aliphatic carbocycles. The molecule has 18 nitrogen and oxygen atoms in total. The van der Waals surface area contributed by atoms with Crippen molar-refractivity contribution in [3.05, 3.63) is 0 Å². The van der Waals surface area contributed by atoms with E-state index in [-0.39, 0.29) is 0 Å². The van der Waals surface area contributed by atoms with E-state index in [0.717, 1.165) is 0 Å². The largest absolute Gasteiger partial charge is 0.394 e. The lowest BCUT2D eigenvalue weighted by molar-refractivity contribution is -0.391. The van der Waals surface area contributed by atoms with Gasteiger partial charge in [-0.3, -0.25) is 0 Å². The Hall–Kier alpha value is -0.720. The Labute approximate surface area is 240 Å². The fourth-order valence-electron chi connectivity index (χ4n) is 5.35. The van der Waals surface area contributed by atoms with Crippen LogP contribution in [0.1, 0.15) is 20.8 Å². The molecule has 0 aromatic carbocycles. The zero-order valence-corrected chi connectivity index (χ0v) is 23.0. The molecule has 4 aliphatic heterocycles. The van der Waals surface area contributed by atoms with Crippen molar-refractivity contribution in [2.45, 2.75) is 144 Å². The minimum atomic E-state index is -1.86. The highest BCUT2D eigenvalue weighted by molar-refractivity contribution is 4.96. The lowest BCUT2D eigenvalue weighted by Gasteiger charge is -2.49. The summed E-state index contributed by atoms with van der Waals surface area (Å²) in [5.41, 5.74) is 0.